The SMILES string of the molecule is COc1cccc(NC(=O)C[NH+](C)CC(=O)N2CCC[C@H](C)C2)c1. The number of likely N-dealkylation sites (tertiary alicyclic amines) is 1. The molecule has 1 heterocycles. The summed E-state index contributed by atoms with van der Waals surface area (Å²) >= 11 is 0. The molecule has 6 nitrogen and oxygen atoms in total. The number of rotatable bonds is 6. The lowest BCUT2D eigenvalue weighted by atomic mass is 10.0. The molecule has 1 aliphatic rings. The molecule has 1 fully saturated rings. The lowest BCUT2D eigenvalue weighted by Crippen LogP contribution is -3.11. The second-order valence-corrected chi connectivity index (χ2v) is 6.68. The van der Waals surface area contributed by atoms with Gasteiger partial charge in [0.1, 0.15) is 5.75 Å². The molecule has 1 aromatic rings. The first-order chi connectivity index (χ1) is 11.5. The van der Waals surface area contributed by atoms with Crippen molar-refractivity contribution in [2.45, 2.75) is 19.8 Å². The number of hydrogen-bond donors (Lipinski definition) is 2. The van der Waals surface area contributed by atoms with Gasteiger partial charge in [-0.3, -0.25) is 9.59 Å². The largest absolute Gasteiger partial charge is 0.497 e. The number of amides is 2. The standard InChI is InChI=1S/C18H27N3O3/c1-14-6-5-9-21(11-14)18(23)13-20(2)12-17(22)19-15-7-4-8-16(10-15)24-3/h4,7-8,10,14H,5-6,9,11-13H2,1-3H3,(H,19,22)/p+1/t14-/m0/s1. The molecule has 0 aliphatic carbocycles. The fourth-order valence-corrected chi connectivity index (χ4v) is 3.03. The van der Waals surface area contributed by atoms with E-state index >= 15 is 0 Å². The maximum absolute atomic E-state index is 12.3. The Hall–Kier alpha value is -2.08. The van der Waals surface area contributed by atoms with E-state index in [1.807, 2.05) is 30.1 Å². The number of nitrogens with one attached hydrogen (secondary N) is 2. The van der Waals surface area contributed by atoms with Crippen LogP contribution in [0.15, 0.2) is 24.3 Å². The van der Waals surface area contributed by atoms with Crippen molar-refractivity contribution >= 4 is 17.5 Å². The summed E-state index contributed by atoms with van der Waals surface area (Å²) in [5.74, 6) is 1.29. The Kier molecular flexibility index (Phi) is 6.61. The first-order valence-electron chi connectivity index (χ1n) is 8.51. The number of quaternary nitrogens is 1. The van der Waals surface area contributed by atoms with Gasteiger partial charge in [0.25, 0.3) is 11.8 Å². The highest BCUT2D eigenvalue weighted by Gasteiger charge is 2.24. The molecule has 6 heteroatoms. The number of hydrogen-bond acceptors (Lipinski definition) is 3. The quantitative estimate of drug-likeness (QED) is 0.792. The number of piperidine rings is 1. The van der Waals surface area contributed by atoms with Gasteiger partial charge in [0, 0.05) is 24.8 Å². The summed E-state index contributed by atoms with van der Waals surface area (Å²) in [6, 6.07) is 7.24. The number of carbonyl (C=O) groups is 2. The first kappa shape index (κ1) is 18.3. The van der Waals surface area contributed by atoms with E-state index in [9.17, 15) is 9.59 Å². The fraction of sp³-hybridized carbons (Fsp3) is 0.556. The highest BCUT2D eigenvalue weighted by molar-refractivity contribution is 5.91. The van der Waals surface area contributed by atoms with Gasteiger partial charge in [0.15, 0.2) is 13.1 Å². The lowest BCUT2D eigenvalue weighted by Gasteiger charge is -2.31. The van der Waals surface area contributed by atoms with Crippen LogP contribution < -0.4 is 15.0 Å². The molecule has 24 heavy (non-hydrogen) atoms. The van der Waals surface area contributed by atoms with Crippen molar-refractivity contribution in [1.29, 1.82) is 0 Å². The van der Waals surface area contributed by atoms with Gasteiger partial charge in [-0.2, -0.15) is 0 Å². The van der Waals surface area contributed by atoms with Crippen molar-refractivity contribution in [2.75, 3.05) is 45.7 Å². The summed E-state index contributed by atoms with van der Waals surface area (Å²) < 4.78 is 5.14. The van der Waals surface area contributed by atoms with Crippen molar-refractivity contribution in [3.05, 3.63) is 24.3 Å². The van der Waals surface area contributed by atoms with Crippen LogP contribution in [0.1, 0.15) is 19.8 Å². The molecule has 0 saturated carbocycles. The maximum atomic E-state index is 12.3. The lowest BCUT2D eigenvalue weighted by molar-refractivity contribution is -0.862. The third kappa shape index (κ3) is 5.53. The van der Waals surface area contributed by atoms with Crippen molar-refractivity contribution in [3.63, 3.8) is 0 Å². The van der Waals surface area contributed by atoms with Crippen LogP contribution in [-0.4, -0.2) is 57.1 Å². The van der Waals surface area contributed by atoms with Crippen LogP contribution in [0.4, 0.5) is 5.69 Å². The van der Waals surface area contributed by atoms with Crippen LogP contribution in [0.5, 0.6) is 5.75 Å². The monoisotopic (exact) mass is 334 g/mol. The second-order valence-electron chi connectivity index (χ2n) is 6.68. The Morgan fingerprint density at radius 2 is 2.17 bits per heavy atom. The van der Waals surface area contributed by atoms with Gasteiger partial charge >= 0.3 is 0 Å². The zero-order valence-electron chi connectivity index (χ0n) is 14.8. The van der Waals surface area contributed by atoms with Gasteiger partial charge in [0.2, 0.25) is 0 Å². The maximum Gasteiger partial charge on any atom is 0.279 e. The number of benzene rings is 1. The number of anilines is 1. The molecule has 1 aromatic carbocycles. The van der Waals surface area contributed by atoms with E-state index in [1.54, 1.807) is 13.2 Å². The summed E-state index contributed by atoms with van der Waals surface area (Å²) in [6.45, 7) is 4.46. The second kappa shape index (κ2) is 8.68. The molecule has 1 saturated heterocycles. The van der Waals surface area contributed by atoms with Crippen molar-refractivity contribution in [3.8, 4) is 5.75 Å². The third-order valence-corrected chi connectivity index (χ3v) is 4.28. The average molecular weight is 334 g/mol. The topological polar surface area (TPSA) is 63.1 Å². The van der Waals surface area contributed by atoms with E-state index in [0.29, 0.717) is 23.9 Å². The molecule has 2 amide bonds. The average Bonchev–Trinajstić information content (AvgIpc) is 2.54. The molecule has 0 radical (unpaired) electrons. The molecule has 1 aliphatic heterocycles. The van der Waals surface area contributed by atoms with Gasteiger partial charge in [-0.05, 0) is 30.9 Å². The zero-order valence-corrected chi connectivity index (χ0v) is 14.8. The molecule has 2 N–H and O–H groups in total. The van der Waals surface area contributed by atoms with Gasteiger partial charge in [-0.1, -0.05) is 13.0 Å². The van der Waals surface area contributed by atoms with E-state index in [0.717, 1.165) is 24.4 Å². The smallest absolute Gasteiger partial charge is 0.279 e. The Bertz CT molecular complexity index is 576. The molecular weight excluding hydrogens is 306 g/mol. The van der Waals surface area contributed by atoms with Gasteiger partial charge in [-0.15, -0.1) is 0 Å². The summed E-state index contributed by atoms with van der Waals surface area (Å²) in [4.78, 5) is 27.3. The third-order valence-electron chi connectivity index (χ3n) is 4.28. The summed E-state index contributed by atoms with van der Waals surface area (Å²) in [7, 11) is 3.46. The van der Waals surface area contributed by atoms with E-state index in [-0.39, 0.29) is 18.4 Å². The van der Waals surface area contributed by atoms with Crippen LogP contribution in [0.3, 0.4) is 0 Å². The Balaban J connectivity index is 1.79. The zero-order chi connectivity index (χ0) is 17.5. The first-order valence-corrected chi connectivity index (χ1v) is 8.51. The molecule has 2 atom stereocenters. The van der Waals surface area contributed by atoms with E-state index in [1.165, 1.54) is 6.42 Å². The summed E-state index contributed by atoms with van der Waals surface area (Å²) in [5, 5.41) is 2.84. The number of carbonyl (C=O) groups excluding carboxylic acids is 2. The van der Waals surface area contributed by atoms with Gasteiger partial charge in [0.05, 0.1) is 14.2 Å². The molecule has 2 rings (SSSR count). The normalized spacial score (nSPS) is 18.8. The van der Waals surface area contributed by atoms with E-state index < -0.39 is 0 Å². The number of likely N-dealkylation sites (N-methyl/N-ethyl adjacent to an activating group) is 1. The highest BCUT2D eigenvalue weighted by Crippen LogP contribution is 2.16. The predicted molar refractivity (Wildman–Crippen MR) is 93.2 cm³/mol. The molecule has 0 aromatic heterocycles. The van der Waals surface area contributed by atoms with Crippen LogP contribution >= 0.6 is 0 Å². The predicted octanol–water partition coefficient (Wildman–Crippen LogP) is 0.407. The van der Waals surface area contributed by atoms with E-state index in [2.05, 4.69) is 12.2 Å². The van der Waals surface area contributed by atoms with Crippen LogP contribution in [0.25, 0.3) is 0 Å². The van der Waals surface area contributed by atoms with Crippen molar-refractivity contribution < 1.29 is 19.2 Å². The highest BCUT2D eigenvalue weighted by atomic mass is 16.5. The summed E-state index contributed by atoms with van der Waals surface area (Å²) in [5.41, 5.74) is 0.698. The molecule has 0 spiro atoms. The van der Waals surface area contributed by atoms with Crippen LogP contribution in [0, 0.1) is 5.92 Å². The fourth-order valence-electron chi connectivity index (χ4n) is 3.03. The summed E-state index contributed by atoms with van der Waals surface area (Å²) in [6.07, 6.45) is 2.26. The van der Waals surface area contributed by atoms with Crippen LogP contribution in [-0.2, 0) is 9.59 Å². The molecular formula is C18H28N3O3+. The van der Waals surface area contributed by atoms with Crippen molar-refractivity contribution in [1.82, 2.24) is 4.90 Å². The minimum absolute atomic E-state index is 0.111. The number of methoxy groups -OCH3 is 1. The number of ether oxygens (including phenoxy) is 1. The van der Waals surface area contributed by atoms with Gasteiger partial charge < -0.3 is 19.9 Å². The van der Waals surface area contributed by atoms with Crippen LogP contribution in [0.2, 0.25) is 0 Å². The molecule has 1 unspecified atom stereocenters. The van der Waals surface area contributed by atoms with Gasteiger partial charge in [-0.25, -0.2) is 0 Å². The Morgan fingerprint density at radius 1 is 1.38 bits per heavy atom. The molecule has 132 valence electrons. The number of nitrogens with zero attached hydrogens (tertiary/aromatic N) is 1. The Labute approximate surface area is 143 Å². The minimum Gasteiger partial charge on any atom is -0.497 e. The van der Waals surface area contributed by atoms with E-state index in [4.69, 9.17) is 4.74 Å². The molecule has 0 bridgehead atoms. The Morgan fingerprint density at radius 3 is 2.88 bits per heavy atom. The van der Waals surface area contributed by atoms with Crippen molar-refractivity contribution in [2.24, 2.45) is 5.92 Å². The minimum atomic E-state index is -0.111.